The first-order valence-corrected chi connectivity index (χ1v) is 9.11. The highest BCUT2D eigenvalue weighted by Crippen LogP contribution is 2.19. The van der Waals surface area contributed by atoms with Gasteiger partial charge in [0.2, 0.25) is 0 Å². The van der Waals surface area contributed by atoms with Crippen LogP contribution in [0.2, 0.25) is 0 Å². The first-order valence-electron chi connectivity index (χ1n) is 8.06. The Labute approximate surface area is 150 Å². The van der Waals surface area contributed by atoms with E-state index in [-0.39, 0.29) is 23.4 Å². The third-order valence-corrected chi connectivity index (χ3v) is 5.07. The Morgan fingerprint density at radius 3 is 2.64 bits per heavy atom. The lowest BCUT2D eigenvalue weighted by molar-refractivity contribution is -0.143. The first-order chi connectivity index (χ1) is 12.1. The minimum Gasteiger partial charge on any atom is -0.460 e. The van der Waals surface area contributed by atoms with Crippen LogP contribution in [0, 0.1) is 0 Å². The number of thioether (sulfide) groups is 1. The smallest absolute Gasteiger partial charge is 0.319 e. The molecule has 1 N–H and O–H groups in total. The van der Waals surface area contributed by atoms with Gasteiger partial charge in [0.15, 0.2) is 0 Å². The van der Waals surface area contributed by atoms with Gasteiger partial charge >= 0.3 is 5.97 Å². The summed E-state index contributed by atoms with van der Waals surface area (Å²) in [5.41, 5.74) is 2.16. The summed E-state index contributed by atoms with van der Waals surface area (Å²) in [4.78, 5) is 27.0. The summed E-state index contributed by atoms with van der Waals surface area (Å²) in [7, 11) is 0. The summed E-state index contributed by atoms with van der Waals surface area (Å²) in [6.45, 7) is 1.80. The monoisotopic (exact) mass is 353 g/mol. The second-order valence-electron chi connectivity index (χ2n) is 5.76. The molecule has 0 radical (unpaired) electrons. The van der Waals surface area contributed by atoms with Crippen LogP contribution in [-0.4, -0.2) is 16.2 Å². The number of fused-ring (bicyclic) bond motifs is 1. The van der Waals surface area contributed by atoms with Gasteiger partial charge in [0.25, 0.3) is 5.56 Å². The van der Waals surface area contributed by atoms with Crippen LogP contribution in [0.15, 0.2) is 65.5 Å². The van der Waals surface area contributed by atoms with Crippen molar-refractivity contribution in [2.24, 2.45) is 0 Å². The van der Waals surface area contributed by atoms with Gasteiger partial charge in [-0.1, -0.05) is 48.5 Å². The molecule has 1 heterocycles. The lowest BCUT2D eigenvalue weighted by atomic mass is 10.1. The zero-order valence-electron chi connectivity index (χ0n) is 13.9. The molecule has 0 bridgehead atoms. The zero-order valence-corrected chi connectivity index (χ0v) is 14.7. The number of para-hydroxylation sites is 1. The number of aromatic nitrogens is 1. The standard InChI is InChI=1S/C20H19NO3S/c1-14(25-13-15-7-3-2-4-8-15)20(23)24-12-17-11-16-9-5-6-10-18(16)21-19(17)22/h2-11,14H,12-13H2,1H3,(H,21,22). The molecule has 3 aromatic rings. The van der Waals surface area contributed by atoms with Crippen LogP contribution in [-0.2, 0) is 21.9 Å². The number of hydrogen-bond donors (Lipinski definition) is 1. The number of rotatable bonds is 6. The molecule has 5 heteroatoms. The Bertz CT molecular complexity index is 921. The van der Waals surface area contributed by atoms with Gasteiger partial charge in [0.1, 0.15) is 6.61 Å². The Kier molecular flexibility index (Phi) is 5.56. The van der Waals surface area contributed by atoms with E-state index in [2.05, 4.69) is 4.98 Å². The number of hydrogen-bond acceptors (Lipinski definition) is 4. The van der Waals surface area contributed by atoms with Crippen LogP contribution in [0.5, 0.6) is 0 Å². The third-order valence-electron chi connectivity index (χ3n) is 3.88. The fourth-order valence-electron chi connectivity index (χ4n) is 2.43. The summed E-state index contributed by atoms with van der Waals surface area (Å²) in [5.74, 6) is 0.432. The van der Waals surface area contributed by atoms with E-state index < -0.39 is 0 Å². The predicted molar refractivity (Wildman–Crippen MR) is 102 cm³/mol. The maximum absolute atomic E-state index is 12.2. The van der Waals surface area contributed by atoms with Gasteiger partial charge in [-0.25, -0.2) is 0 Å². The summed E-state index contributed by atoms with van der Waals surface area (Å²) < 4.78 is 5.33. The highest BCUT2D eigenvalue weighted by molar-refractivity contribution is 7.99. The second kappa shape index (κ2) is 8.03. The summed E-state index contributed by atoms with van der Waals surface area (Å²) >= 11 is 1.52. The third kappa shape index (κ3) is 4.51. The number of nitrogens with one attached hydrogen (secondary N) is 1. The van der Waals surface area contributed by atoms with E-state index in [4.69, 9.17) is 4.74 Å². The van der Waals surface area contributed by atoms with E-state index in [1.54, 1.807) is 6.07 Å². The van der Waals surface area contributed by atoms with Crippen molar-refractivity contribution in [2.75, 3.05) is 0 Å². The average Bonchev–Trinajstić information content (AvgIpc) is 2.65. The molecule has 0 saturated carbocycles. The maximum atomic E-state index is 12.2. The van der Waals surface area contributed by atoms with Crippen molar-refractivity contribution in [1.82, 2.24) is 4.98 Å². The van der Waals surface area contributed by atoms with Crippen molar-refractivity contribution in [3.05, 3.63) is 82.1 Å². The molecule has 0 amide bonds. The molecule has 0 aliphatic carbocycles. The van der Waals surface area contributed by atoms with Gasteiger partial charge < -0.3 is 9.72 Å². The van der Waals surface area contributed by atoms with Gasteiger partial charge in [-0.05, 0) is 30.0 Å². The number of esters is 1. The second-order valence-corrected chi connectivity index (χ2v) is 7.09. The summed E-state index contributed by atoms with van der Waals surface area (Å²) in [5, 5.41) is 0.624. The van der Waals surface area contributed by atoms with Crippen LogP contribution < -0.4 is 5.56 Å². The van der Waals surface area contributed by atoms with Crippen molar-refractivity contribution in [3.63, 3.8) is 0 Å². The van der Waals surface area contributed by atoms with E-state index in [0.29, 0.717) is 5.56 Å². The molecule has 3 rings (SSSR count). The number of aromatic amines is 1. The van der Waals surface area contributed by atoms with Crippen LogP contribution >= 0.6 is 11.8 Å². The van der Waals surface area contributed by atoms with E-state index in [1.807, 2.05) is 61.5 Å². The van der Waals surface area contributed by atoms with Crippen molar-refractivity contribution in [1.29, 1.82) is 0 Å². The fourth-order valence-corrected chi connectivity index (χ4v) is 3.27. The lowest BCUT2D eigenvalue weighted by Crippen LogP contribution is -2.20. The van der Waals surface area contributed by atoms with Crippen molar-refractivity contribution >= 4 is 28.6 Å². The van der Waals surface area contributed by atoms with E-state index >= 15 is 0 Å². The Morgan fingerprint density at radius 1 is 1.12 bits per heavy atom. The van der Waals surface area contributed by atoms with Crippen LogP contribution in [0.3, 0.4) is 0 Å². The van der Waals surface area contributed by atoms with E-state index in [1.165, 1.54) is 11.8 Å². The Balaban J connectivity index is 1.58. The van der Waals surface area contributed by atoms with Crippen LogP contribution in [0.1, 0.15) is 18.1 Å². The molecule has 128 valence electrons. The molecule has 0 spiro atoms. The molecule has 1 atom stereocenters. The Hall–Kier alpha value is -2.53. The van der Waals surface area contributed by atoms with Gasteiger partial charge in [-0.3, -0.25) is 9.59 Å². The van der Waals surface area contributed by atoms with Crippen LogP contribution in [0.4, 0.5) is 0 Å². The normalized spacial score (nSPS) is 12.0. The van der Waals surface area contributed by atoms with Crippen molar-refractivity contribution < 1.29 is 9.53 Å². The number of pyridine rings is 1. The molecule has 0 fully saturated rings. The fraction of sp³-hybridized carbons (Fsp3) is 0.200. The van der Waals surface area contributed by atoms with Gasteiger partial charge in [-0.2, -0.15) is 0 Å². The number of ether oxygens (including phenoxy) is 1. The molecule has 0 saturated heterocycles. The van der Waals surface area contributed by atoms with E-state index in [0.717, 1.165) is 22.2 Å². The molecular weight excluding hydrogens is 334 g/mol. The minimum atomic E-state index is -0.312. The molecule has 25 heavy (non-hydrogen) atoms. The predicted octanol–water partition coefficient (Wildman–Crippen LogP) is 3.89. The number of H-pyrrole nitrogens is 1. The topological polar surface area (TPSA) is 59.2 Å². The maximum Gasteiger partial charge on any atom is 0.319 e. The first kappa shape index (κ1) is 17.3. The van der Waals surface area contributed by atoms with Crippen LogP contribution in [0.25, 0.3) is 10.9 Å². The molecule has 1 unspecified atom stereocenters. The van der Waals surface area contributed by atoms with Crippen molar-refractivity contribution in [2.45, 2.75) is 24.5 Å². The highest BCUT2D eigenvalue weighted by Gasteiger charge is 2.16. The van der Waals surface area contributed by atoms with Gasteiger partial charge in [0.05, 0.1) is 10.8 Å². The highest BCUT2D eigenvalue weighted by atomic mass is 32.2. The van der Waals surface area contributed by atoms with E-state index in [9.17, 15) is 9.59 Å². The Morgan fingerprint density at radius 2 is 1.84 bits per heavy atom. The summed E-state index contributed by atoms with van der Waals surface area (Å²) in [6, 6.07) is 19.3. The van der Waals surface area contributed by atoms with Gasteiger partial charge in [-0.15, -0.1) is 11.8 Å². The zero-order chi connectivity index (χ0) is 17.6. The number of carbonyl (C=O) groups is 1. The molecule has 0 aliphatic heterocycles. The quantitative estimate of drug-likeness (QED) is 0.683. The lowest BCUT2D eigenvalue weighted by Gasteiger charge is -2.11. The molecule has 2 aromatic carbocycles. The number of benzene rings is 2. The molecule has 4 nitrogen and oxygen atoms in total. The number of carbonyl (C=O) groups excluding carboxylic acids is 1. The van der Waals surface area contributed by atoms with Crippen molar-refractivity contribution in [3.8, 4) is 0 Å². The molecule has 0 aliphatic rings. The molecular formula is C20H19NO3S. The largest absolute Gasteiger partial charge is 0.460 e. The molecule has 1 aromatic heterocycles. The minimum absolute atomic E-state index is 0.0186. The summed E-state index contributed by atoms with van der Waals surface area (Å²) in [6.07, 6.45) is 0. The average molecular weight is 353 g/mol. The SMILES string of the molecule is CC(SCc1ccccc1)C(=O)OCc1cc2ccccc2[nH]c1=O. The van der Waals surface area contributed by atoms with Gasteiger partial charge in [0, 0.05) is 11.3 Å².